The minimum absolute atomic E-state index is 0.00273. The van der Waals surface area contributed by atoms with Gasteiger partial charge in [0, 0.05) is 37.3 Å². The van der Waals surface area contributed by atoms with E-state index in [4.69, 9.17) is 10.5 Å². The highest BCUT2D eigenvalue weighted by molar-refractivity contribution is 7.89. The minimum Gasteiger partial charge on any atom is -0.462 e. The Morgan fingerprint density at radius 1 is 1.24 bits per heavy atom. The summed E-state index contributed by atoms with van der Waals surface area (Å²) in [6, 6.07) is 8.80. The van der Waals surface area contributed by atoms with Gasteiger partial charge in [-0.3, -0.25) is 0 Å². The van der Waals surface area contributed by atoms with Crippen LogP contribution in [-0.4, -0.2) is 50.5 Å². The van der Waals surface area contributed by atoms with Crippen molar-refractivity contribution in [3.8, 4) is 11.1 Å². The van der Waals surface area contributed by atoms with Gasteiger partial charge in [-0.05, 0) is 49.8 Å². The minimum atomic E-state index is -3.72. The van der Waals surface area contributed by atoms with E-state index < -0.39 is 27.6 Å². The summed E-state index contributed by atoms with van der Waals surface area (Å²) in [5, 5.41) is 0.460. The fourth-order valence-corrected chi connectivity index (χ4v) is 4.74. The SMILES string of the molecule is CCOC(=O)c1cc2c(-c3cccc(S(=O)(=O)N(C)C)c3)c(C)n(C/C(F)=C/CN)c2cc1F. The average Bonchev–Trinajstić information content (AvgIpc) is 3.04. The van der Waals surface area contributed by atoms with Crippen molar-refractivity contribution in [2.24, 2.45) is 5.73 Å². The number of hydrogen-bond acceptors (Lipinski definition) is 5. The molecule has 0 saturated heterocycles. The van der Waals surface area contributed by atoms with Crippen LogP contribution in [0.15, 0.2) is 53.2 Å². The number of esters is 1. The molecule has 2 N–H and O–H groups in total. The summed E-state index contributed by atoms with van der Waals surface area (Å²) in [6.07, 6.45) is 1.22. The second-order valence-electron chi connectivity index (χ2n) is 7.82. The molecule has 2 aromatic carbocycles. The predicted octanol–water partition coefficient (Wildman–Crippen LogP) is 3.99. The van der Waals surface area contributed by atoms with E-state index >= 15 is 0 Å². The Morgan fingerprint density at radius 2 is 1.94 bits per heavy atom. The first kappa shape index (κ1) is 25.5. The van der Waals surface area contributed by atoms with Crippen LogP contribution in [0.4, 0.5) is 8.78 Å². The molecule has 0 bridgehead atoms. The van der Waals surface area contributed by atoms with Gasteiger partial charge in [0.05, 0.1) is 29.1 Å². The zero-order valence-electron chi connectivity index (χ0n) is 19.4. The first-order valence-electron chi connectivity index (χ1n) is 10.6. The lowest BCUT2D eigenvalue weighted by Gasteiger charge is -2.13. The monoisotopic (exact) mass is 491 g/mol. The summed E-state index contributed by atoms with van der Waals surface area (Å²) in [5.74, 6) is -2.13. The quantitative estimate of drug-likeness (QED) is 0.481. The van der Waals surface area contributed by atoms with Crippen molar-refractivity contribution in [2.75, 3.05) is 27.2 Å². The van der Waals surface area contributed by atoms with E-state index in [0.717, 1.165) is 10.4 Å². The van der Waals surface area contributed by atoms with Crippen molar-refractivity contribution in [3.63, 3.8) is 0 Å². The van der Waals surface area contributed by atoms with Gasteiger partial charge in [-0.1, -0.05) is 12.1 Å². The number of halogens is 2. The molecule has 34 heavy (non-hydrogen) atoms. The van der Waals surface area contributed by atoms with E-state index in [-0.39, 0.29) is 30.2 Å². The van der Waals surface area contributed by atoms with Crippen molar-refractivity contribution < 1.29 is 26.7 Å². The number of hydrogen-bond donors (Lipinski definition) is 1. The number of aromatic nitrogens is 1. The summed E-state index contributed by atoms with van der Waals surface area (Å²) < 4.78 is 62.3. The summed E-state index contributed by atoms with van der Waals surface area (Å²) >= 11 is 0. The molecule has 0 aliphatic heterocycles. The number of rotatable bonds is 8. The number of allylic oxidation sites excluding steroid dienone is 1. The second-order valence-corrected chi connectivity index (χ2v) is 9.97. The van der Waals surface area contributed by atoms with Crippen LogP contribution in [0.25, 0.3) is 22.0 Å². The van der Waals surface area contributed by atoms with Gasteiger partial charge < -0.3 is 15.0 Å². The smallest absolute Gasteiger partial charge is 0.341 e. The first-order chi connectivity index (χ1) is 16.0. The number of ether oxygens (including phenoxy) is 1. The summed E-state index contributed by atoms with van der Waals surface area (Å²) in [4.78, 5) is 12.4. The molecule has 0 atom stereocenters. The Bertz CT molecular complexity index is 1380. The van der Waals surface area contributed by atoms with Crippen LogP contribution in [0, 0.1) is 12.7 Å². The first-order valence-corrected chi connectivity index (χ1v) is 12.0. The van der Waals surface area contributed by atoms with Crippen LogP contribution in [0.2, 0.25) is 0 Å². The van der Waals surface area contributed by atoms with E-state index in [1.165, 1.54) is 38.4 Å². The third-order valence-electron chi connectivity index (χ3n) is 5.46. The van der Waals surface area contributed by atoms with Crippen molar-refractivity contribution in [1.29, 1.82) is 0 Å². The topological polar surface area (TPSA) is 94.6 Å². The lowest BCUT2D eigenvalue weighted by molar-refractivity contribution is 0.0521. The Labute approximate surface area is 197 Å². The number of benzene rings is 2. The van der Waals surface area contributed by atoms with Crippen LogP contribution < -0.4 is 5.73 Å². The highest BCUT2D eigenvalue weighted by Gasteiger charge is 2.24. The van der Waals surface area contributed by atoms with Crippen molar-refractivity contribution in [2.45, 2.75) is 25.3 Å². The van der Waals surface area contributed by atoms with Crippen LogP contribution in [0.3, 0.4) is 0 Å². The van der Waals surface area contributed by atoms with Crippen LogP contribution in [0.5, 0.6) is 0 Å². The van der Waals surface area contributed by atoms with Gasteiger partial charge in [-0.15, -0.1) is 0 Å². The fourth-order valence-electron chi connectivity index (χ4n) is 3.80. The number of carbonyl (C=O) groups is 1. The van der Waals surface area contributed by atoms with Gasteiger partial charge >= 0.3 is 5.97 Å². The van der Waals surface area contributed by atoms with Crippen molar-refractivity contribution >= 4 is 26.9 Å². The maximum Gasteiger partial charge on any atom is 0.341 e. The van der Waals surface area contributed by atoms with E-state index in [1.807, 2.05) is 0 Å². The standard InChI is InChI=1S/C24H27F2N3O4S/c1-5-33-24(30)19-12-20-22(13-21(19)26)29(14-17(25)9-10-27)15(2)23(20)16-7-6-8-18(11-16)34(31,32)28(3)4/h6-9,11-13H,5,10,14,27H2,1-4H3/b17-9-. The van der Waals surface area contributed by atoms with Crippen LogP contribution in [0.1, 0.15) is 23.0 Å². The maximum atomic E-state index is 14.9. The number of fused-ring (bicyclic) bond motifs is 1. The van der Waals surface area contributed by atoms with E-state index in [2.05, 4.69) is 0 Å². The number of sulfonamides is 1. The van der Waals surface area contributed by atoms with Gasteiger partial charge in [0.1, 0.15) is 11.6 Å². The molecule has 0 aliphatic carbocycles. The molecule has 1 aromatic heterocycles. The Hall–Kier alpha value is -3.08. The molecule has 0 saturated carbocycles. The summed E-state index contributed by atoms with van der Waals surface area (Å²) in [6.45, 7) is 3.21. The van der Waals surface area contributed by atoms with E-state index in [9.17, 15) is 22.0 Å². The third kappa shape index (κ3) is 4.75. The van der Waals surface area contributed by atoms with Gasteiger partial charge in [-0.2, -0.15) is 0 Å². The zero-order valence-corrected chi connectivity index (χ0v) is 20.2. The van der Waals surface area contributed by atoms with Crippen molar-refractivity contribution in [3.05, 3.63) is 65.4 Å². The van der Waals surface area contributed by atoms with Gasteiger partial charge in [-0.25, -0.2) is 26.3 Å². The van der Waals surface area contributed by atoms with Gasteiger partial charge in [0.15, 0.2) is 0 Å². The molecular formula is C24H27F2N3O4S. The molecule has 3 aromatic rings. The molecule has 0 aliphatic rings. The lowest BCUT2D eigenvalue weighted by Crippen LogP contribution is -2.22. The van der Waals surface area contributed by atoms with E-state index in [1.54, 1.807) is 30.5 Å². The number of nitrogens with zero attached hydrogens (tertiary/aromatic N) is 2. The highest BCUT2D eigenvalue weighted by Crippen LogP contribution is 2.37. The molecule has 0 radical (unpaired) electrons. The second kappa shape index (κ2) is 10.0. The third-order valence-corrected chi connectivity index (χ3v) is 7.27. The Morgan fingerprint density at radius 3 is 2.56 bits per heavy atom. The number of carbonyl (C=O) groups excluding carboxylic acids is 1. The average molecular weight is 492 g/mol. The Kier molecular flexibility index (Phi) is 7.54. The molecule has 0 spiro atoms. The van der Waals surface area contributed by atoms with Crippen LogP contribution >= 0.6 is 0 Å². The molecule has 0 unspecified atom stereocenters. The summed E-state index contributed by atoms with van der Waals surface area (Å²) in [7, 11) is -0.858. The molecule has 10 heteroatoms. The van der Waals surface area contributed by atoms with Crippen molar-refractivity contribution in [1.82, 2.24) is 8.87 Å². The van der Waals surface area contributed by atoms with Gasteiger partial charge in [0.2, 0.25) is 10.0 Å². The largest absolute Gasteiger partial charge is 0.462 e. The molecule has 7 nitrogen and oxygen atoms in total. The lowest BCUT2D eigenvalue weighted by atomic mass is 10.0. The Balaban J connectivity index is 2.35. The molecule has 1 heterocycles. The molecule has 3 rings (SSSR count). The number of nitrogens with two attached hydrogens (primary N) is 1. The summed E-state index contributed by atoms with van der Waals surface area (Å²) in [5.41, 5.74) is 7.15. The van der Waals surface area contributed by atoms with Gasteiger partial charge in [0.25, 0.3) is 0 Å². The molecule has 0 amide bonds. The molecule has 182 valence electrons. The maximum absolute atomic E-state index is 14.9. The van der Waals surface area contributed by atoms with Crippen LogP contribution in [-0.2, 0) is 21.3 Å². The van der Waals surface area contributed by atoms with E-state index in [0.29, 0.717) is 27.7 Å². The fraction of sp³-hybridized carbons (Fsp3) is 0.292. The highest BCUT2D eigenvalue weighted by atomic mass is 32.2. The zero-order chi connectivity index (χ0) is 25.2. The molecular weight excluding hydrogens is 464 g/mol. The molecule has 0 fully saturated rings. The normalized spacial score (nSPS) is 12.5. The predicted molar refractivity (Wildman–Crippen MR) is 127 cm³/mol.